The summed E-state index contributed by atoms with van der Waals surface area (Å²) in [6.45, 7) is 4.39. The molecule has 1 aromatic rings. The Morgan fingerprint density at radius 1 is 1.24 bits per heavy atom. The molecule has 4 nitrogen and oxygen atoms in total. The molecule has 0 radical (unpaired) electrons. The fraction of sp³-hybridized carbons (Fsp3) is 0.533. The summed E-state index contributed by atoms with van der Waals surface area (Å²) in [6.07, 6.45) is 2.79. The van der Waals surface area contributed by atoms with E-state index in [1.807, 2.05) is 0 Å². The Morgan fingerprint density at radius 2 is 1.90 bits per heavy atom. The summed E-state index contributed by atoms with van der Waals surface area (Å²) in [4.78, 5) is 0.269. The first-order valence-corrected chi connectivity index (χ1v) is 9.11. The number of rotatable bonds is 4. The van der Waals surface area contributed by atoms with E-state index in [9.17, 15) is 8.42 Å². The summed E-state index contributed by atoms with van der Waals surface area (Å²) in [7, 11) is -3.59. The molecule has 2 rings (SSSR count). The zero-order valence-corrected chi connectivity index (χ0v) is 14.0. The SMILES string of the molecule is CC1CCC(NS(=O)(=O)c2ccccc2C(N)=S)CC1C. The Morgan fingerprint density at radius 3 is 2.52 bits per heavy atom. The third-order valence-corrected chi connectivity index (χ3v) is 6.16. The predicted octanol–water partition coefficient (Wildman–Crippen LogP) is 2.42. The Balaban J connectivity index is 2.22. The van der Waals surface area contributed by atoms with Gasteiger partial charge in [-0.2, -0.15) is 0 Å². The number of thiocarbonyl (C=S) groups is 1. The molecule has 1 aliphatic carbocycles. The van der Waals surface area contributed by atoms with Gasteiger partial charge in [-0.1, -0.05) is 44.3 Å². The fourth-order valence-corrected chi connectivity index (χ4v) is 4.59. The van der Waals surface area contributed by atoms with E-state index in [1.165, 1.54) is 0 Å². The monoisotopic (exact) mass is 326 g/mol. The quantitative estimate of drug-likeness (QED) is 0.834. The number of nitrogens with two attached hydrogens (primary N) is 1. The Labute approximate surface area is 132 Å². The van der Waals surface area contributed by atoms with Crippen LogP contribution in [-0.2, 0) is 10.0 Å². The standard InChI is InChI=1S/C15H22N2O2S2/c1-10-7-8-12(9-11(10)2)17-21(18,19)14-6-4-3-5-13(14)15(16)20/h3-6,10-12,17H,7-9H2,1-2H3,(H2,16,20). The van der Waals surface area contributed by atoms with Gasteiger partial charge in [0.15, 0.2) is 0 Å². The Kier molecular flexibility index (Phi) is 5.01. The van der Waals surface area contributed by atoms with Crippen LogP contribution in [0.15, 0.2) is 29.2 Å². The zero-order valence-electron chi connectivity index (χ0n) is 12.4. The van der Waals surface area contributed by atoms with Gasteiger partial charge in [0.2, 0.25) is 10.0 Å². The van der Waals surface area contributed by atoms with E-state index in [0.29, 0.717) is 17.4 Å². The molecular weight excluding hydrogens is 304 g/mol. The third kappa shape index (κ3) is 3.81. The number of benzene rings is 1. The highest BCUT2D eigenvalue weighted by molar-refractivity contribution is 7.89. The lowest BCUT2D eigenvalue weighted by Gasteiger charge is -2.32. The normalized spacial score (nSPS) is 26.5. The fourth-order valence-electron chi connectivity index (χ4n) is 2.84. The highest BCUT2D eigenvalue weighted by atomic mass is 32.2. The van der Waals surface area contributed by atoms with Crippen LogP contribution in [0.3, 0.4) is 0 Å². The smallest absolute Gasteiger partial charge is 0.241 e. The van der Waals surface area contributed by atoms with Gasteiger partial charge in [0.05, 0.1) is 4.90 Å². The minimum absolute atomic E-state index is 0.0133. The first kappa shape index (κ1) is 16.4. The summed E-state index contributed by atoms with van der Waals surface area (Å²) in [5.74, 6) is 1.17. The van der Waals surface area contributed by atoms with Crippen LogP contribution < -0.4 is 10.5 Å². The molecule has 1 aromatic carbocycles. The molecule has 0 aliphatic heterocycles. The molecule has 1 fully saturated rings. The minimum Gasteiger partial charge on any atom is -0.389 e. The van der Waals surface area contributed by atoms with Crippen molar-refractivity contribution < 1.29 is 8.42 Å². The Bertz CT molecular complexity index is 628. The highest BCUT2D eigenvalue weighted by Gasteiger charge is 2.29. The second-order valence-corrected chi connectivity index (χ2v) is 8.07. The molecule has 0 heterocycles. The maximum atomic E-state index is 12.6. The summed E-state index contributed by atoms with van der Waals surface area (Å²) in [5, 5.41) is 0. The minimum atomic E-state index is -3.59. The number of hydrogen-bond donors (Lipinski definition) is 2. The van der Waals surface area contributed by atoms with Crippen molar-refractivity contribution in [1.82, 2.24) is 4.72 Å². The molecule has 3 atom stereocenters. The molecule has 0 amide bonds. The lowest BCUT2D eigenvalue weighted by molar-refractivity contribution is 0.242. The van der Waals surface area contributed by atoms with E-state index in [0.717, 1.165) is 19.3 Å². The van der Waals surface area contributed by atoms with Crippen molar-refractivity contribution >= 4 is 27.2 Å². The van der Waals surface area contributed by atoms with Gasteiger partial charge in [0.1, 0.15) is 4.99 Å². The van der Waals surface area contributed by atoms with Crippen molar-refractivity contribution in [3.63, 3.8) is 0 Å². The van der Waals surface area contributed by atoms with E-state index in [2.05, 4.69) is 18.6 Å². The first-order valence-electron chi connectivity index (χ1n) is 7.22. The summed E-state index contributed by atoms with van der Waals surface area (Å²) in [5.41, 5.74) is 6.02. The number of nitrogens with one attached hydrogen (secondary N) is 1. The zero-order chi connectivity index (χ0) is 15.6. The Hall–Kier alpha value is -0.980. The van der Waals surface area contributed by atoms with Crippen molar-refractivity contribution in [2.75, 3.05) is 0 Å². The van der Waals surface area contributed by atoms with Gasteiger partial charge < -0.3 is 5.73 Å². The van der Waals surface area contributed by atoms with Gasteiger partial charge in [-0.3, -0.25) is 0 Å². The summed E-state index contributed by atoms with van der Waals surface area (Å²) >= 11 is 4.94. The van der Waals surface area contributed by atoms with Crippen molar-refractivity contribution in [3.05, 3.63) is 29.8 Å². The van der Waals surface area contributed by atoms with Crippen LogP contribution in [0.1, 0.15) is 38.7 Å². The van der Waals surface area contributed by atoms with Crippen molar-refractivity contribution in [1.29, 1.82) is 0 Å². The van der Waals surface area contributed by atoms with Crippen LogP contribution in [0, 0.1) is 11.8 Å². The van der Waals surface area contributed by atoms with Gasteiger partial charge in [-0.25, -0.2) is 13.1 Å². The average molecular weight is 326 g/mol. The van der Waals surface area contributed by atoms with Crippen LogP contribution in [0.5, 0.6) is 0 Å². The van der Waals surface area contributed by atoms with E-state index in [-0.39, 0.29) is 15.9 Å². The molecule has 0 aromatic heterocycles. The lowest BCUT2D eigenvalue weighted by Crippen LogP contribution is -2.40. The van der Waals surface area contributed by atoms with Crippen LogP contribution in [0.4, 0.5) is 0 Å². The number of sulfonamides is 1. The largest absolute Gasteiger partial charge is 0.389 e. The molecule has 3 unspecified atom stereocenters. The van der Waals surface area contributed by atoms with Crippen molar-refractivity contribution in [3.8, 4) is 0 Å². The van der Waals surface area contributed by atoms with Gasteiger partial charge in [0, 0.05) is 11.6 Å². The lowest BCUT2D eigenvalue weighted by atomic mass is 9.79. The molecular formula is C15H22N2O2S2. The molecule has 116 valence electrons. The molecule has 0 bridgehead atoms. The average Bonchev–Trinajstić information content (AvgIpc) is 2.42. The molecule has 6 heteroatoms. The van der Waals surface area contributed by atoms with E-state index in [1.54, 1.807) is 24.3 Å². The van der Waals surface area contributed by atoms with Crippen LogP contribution in [-0.4, -0.2) is 19.4 Å². The second kappa shape index (κ2) is 6.42. The molecule has 1 aliphatic rings. The second-order valence-electron chi connectivity index (χ2n) is 5.95. The molecule has 1 saturated carbocycles. The van der Waals surface area contributed by atoms with Gasteiger partial charge in [-0.15, -0.1) is 0 Å². The van der Waals surface area contributed by atoms with Crippen molar-refractivity contribution in [2.24, 2.45) is 17.6 Å². The molecule has 21 heavy (non-hydrogen) atoms. The summed E-state index contributed by atoms with van der Waals surface area (Å²) in [6, 6.07) is 6.59. The van der Waals surface area contributed by atoms with Crippen LogP contribution >= 0.6 is 12.2 Å². The topological polar surface area (TPSA) is 72.2 Å². The van der Waals surface area contributed by atoms with Gasteiger partial charge in [0.25, 0.3) is 0 Å². The first-order chi connectivity index (χ1) is 9.81. The third-order valence-electron chi connectivity index (χ3n) is 4.36. The number of hydrogen-bond acceptors (Lipinski definition) is 3. The van der Waals surface area contributed by atoms with Crippen LogP contribution in [0.2, 0.25) is 0 Å². The molecule has 3 N–H and O–H groups in total. The van der Waals surface area contributed by atoms with E-state index in [4.69, 9.17) is 18.0 Å². The van der Waals surface area contributed by atoms with Crippen LogP contribution in [0.25, 0.3) is 0 Å². The van der Waals surface area contributed by atoms with E-state index < -0.39 is 10.0 Å². The maximum Gasteiger partial charge on any atom is 0.241 e. The van der Waals surface area contributed by atoms with Gasteiger partial charge >= 0.3 is 0 Å². The maximum absolute atomic E-state index is 12.6. The predicted molar refractivity (Wildman–Crippen MR) is 88.6 cm³/mol. The molecule has 0 spiro atoms. The molecule has 0 saturated heterocycles. The van der Waals surface area contributed by atoms with E-state index >= 15 is 0 Å². The highest BCUT2D eigenvalue weighted by Crippen LogP contribution is 2.30. The van der Waals surface area contributed by atoms with Crippen molar-refractivity contribution in [2.45, 2.75) is 44.0 Å². The van der Waals surface area contributed by atoms with Gasteiger partial charge in [-0.05, 0) is 37.2 Å². The summed E-state index contributed by atoms with van der Waals surface area (Å²) < 4.78 is 28.0.